The number of allylic oxidation sites excluding steroid dienone is 4. The third kappa shape index (κ3) is 52.8. The smallest absolute Gasteiger partial charge is 0.462 e. The summed E-state index contributed by atoms with van der Waals surface area (Å²) in [5.41, 5.74) is 0. The minimum atomic E-state index is -4.74. The maximum atomic E-state index is 12.9. The molecule has 11 nitrogen and oxygen atoms in total. The average molecular weight is 1040 g/mol. The Balaban J connectivity index is 4.68. The van der Waals surface area contributed by atoms with Gasteiger partial charge in [-0.15, -0.1) is 0 Å². The molecule has 0 aromatic rings. The van der Waals surface area contributed by atoms with Crippen LogP contribution in [0.25, 0.3) is 0 Å². The third-order valence-corrected chi connectivity index (χ3v) is 14.3. The lowest BCUT2D eigenvalue weighted by atomic mass is 10.0. The van der Waals surface area contributed by atoms with Crippen molar-refractivity contribution in [3.05, 3.63) is 24.3 Å². The van der Waals surface area contributed by atoms with E-state index in [-0.39, 0.29) is 25.9 Å². The number of ether oxygens (including phenoxy) is 3. The van der Waals surface area contributed by atoms with Gasteiger partial charge in [0.05, 0.1) is 19.8 Å². The van der Waals surface area contributed by atoms with Crippen LogP contribution in [0.5, 0.6) is 0 Å². The zero-order valence-electron chi connectivity index (χ0n) is 46.9. The Bertz CT molecular complexity index is 1310. The van der Waals surface area contributed by atoms with E-state index in [1.54, 1.807) is 0 Å². The fourth-order valence-electron chi connectivity index (χ4n) is 8.74. The van der Waals surface area contributed by atoms with Crippen LogP contribution in [0.2, 0.25) is 0 Å². The minimum absolute atomic E-state index is 0.168. The van der Waals surface area contributed by atoms with Crippen LogP contribution in [-0.4, -0.2) is 66.5 Å². The standard InChI is InChI=1S/C60H113O11P/c1-4-7-10-13-16-19-22-24-26-27-28-29-31-33-36-39-42-45-48-51-60(64)71-57(53-67-58(62)49-46-43-40-37-35-32-30-25-23-20-17-14-11-8-5-2)55-69-72(65,66)68-54-56(52-61)70-59(63)50-47-44-41-38-34-21-18-15-12-9-6-3/h16,19,24,26,56-57,61H,4-15,17-18,20-23,25,27-55H2,1-3H3,(H,65,66)/b19-16-,26-24-. The van der Waals surface area contributed by atoms with Crippen LogP contribution in [0, 0.1) is 0 Å². The number of carbonyl (C=O) groups excluding carboxylic acids is 3. The van der Waals surface area contributed by atoms with Gasteiger partial charge in [-0.25, -0.2) is 4.57 Å². The topological polar surface area (TPSA) is 155 Å². The summed E-state index contributed by atoms with van der Waals surface area (Å²) in [7, 11) is -4.74. The van der Waals surface area contributed by atoms with E-state index in [1.807, 2.05) is 0 Å². The van der Waals surface area contributed by atoms with Gasteiger partial charge in [0, 0.05) is 19.3 Å². The molecule has 0 spiro atoms. The van der Waals surface area contributed by atoms with E-state index in [0.717, 1.165) is 70.6 Å². The molecule has 0 aliphatic heterocycles. The molecule has 3 unspecified atom stereocenters. The van der Waals surface area contributed by atoms with Gasteiger partial charge in [0.2, 0.25) is 0 Å². The van der Waals surface area contributed by atoms with Crippen molar-refractivity contribution in [3.63, 3.8) is 0 Å². The second-order valence-corrected chi connectivity index (χ2v) is 22.0. The van der Waals surface area contributed by atoms with Crippen molar-refractivity contribution >= 4 is 25.7 Å². The van der Waals surface area contributed by atoms with Crippen LogP contribution >= 0.6 is 7.82 Å². The van der Waals surface area contributed by atoms with Crippen molar-refractivity contribution in [2.24, 2.45) is 0 Å². The van der Waals surface area contributed by atoms with Crippen LogP contribution in [0.3, 0.4) is 0 Å². The van der Waals surface area contributed by atoms with Gasteiger partial charge in [0.15, 0.2) is 6.10 Å². The van der Waals surface area contributed by atoms with Crippen LogP contribution < -0.4 is 0 Å². The first-order valence-electron chi connectivity index (χ1n) is 30.2. The zero-order valence-corrected chi connectivity index (χ0v) is 47.8. The second-order valence-electron chi connectivity index (χ2n) is 20.5. The lowest BCUT2D eigenvalue weighted by Gasteiger charge is -2.21. The Morgan fingerprint density at radius 1 is 0.389 bits per heavy atom. The number of hydrogen-bond donors (Lipinski definition) is 2. The number of aliphatic hydroxyl groups is 1. The van der Waals surface area contributed by atoms with Crippen molar-refractivity contribution in [3.8, 4) is 0 Å². The van der Waals surface area contributed by atoms with E-state index in [1.165, 1.54) is 173 Å². The lowest BCUT2D eigenvalue weighted by Crippen LogP contribution is -2.30. The summed E-state index contributed by atoms with van der Waals surface area (Å²) >= 11 is 0. The normalized spacial score (nSPS) is 13.5. The molecule has 0 aliphatic rings. The number of unbranched alkanes of at least 4 members (excludes halogenated alkanes) is 36. The number of phosphoric ester groups is 1. The first-order valence-corrected chi connectivity index (χ1v) is 31.7. The molecule has 12 heteroatoms. The van der Waals surface area contributed by atoms with Gasteiger partial charge < -0.3 is 24.2 Å². The largest absolute Gasteiger partial charge is 0.472 e. The van der Waals surface area contributed by atoms with Gasteiger partial charge >= 0.3 is 25.7 Å². The number of phosphoric acid groups is 1. The fourth-order valence-corrected chi connectivity index (χ4v) is 9.53. The number of esters is 3. The molecule has 0 aromatic heterocycles. The van der Waals surface area contributed by atoms with Crippen LogP contribution in [-0.2, 0) is 42.2 Å². The Morgan fingerprint density at radius 3 is 1.06 bits per heavy atom. The number of rotatable bonds is 57. The minimum Gasteiger partial charge on any atom is -0.462 e. The van der Waals surface area contributed by atoms with Gasteiger partial charge in [0.25, 0.3) is 0 Å². The van der Waals surface area contributed by atoms with Crippen molar-refractivity contribution in [1.29, 1.82) is 0 Å². The Kier molecular flexibility index (Phi) is 53.6. The highest BCUT2D eigenvalue weighted by Gasteiger charge is 2.28. The van der Waals surface area contributed by atoms with Crippen molar-refractivity contribution in [1.82, 2.24) is 0 Å². The molecule has 72 heavy (non-hydrogen) atoms. The Hall–Kier alpha value is -2.04. The highest BCUT2D eigenvalue weighted by atomic mass is 31.2. The molecule has 0 rings (SSSR count). The summed E-state index contributed by atoms with van der Waals surface area (Å²) in [6, 6.07) is 0. The van der Waals surface area contributed by atoms with Gasteiger partial charge in [-0.05, 0) is 51.4 Å². The van der Waals surface area contributed by atoms with Crippen LogP contribution in [0.15, 0.2) is 24.3 Å². The SMILES string of the molecule is CCCCC/C=C\C/C=C\CCCCCCCCCCCC(=O)OC(COC(=O)CCCCCCCCCCCCCCCCC)COP(=O)(O)OCC(CO)OC(=O)CCCCCCCCCCCCC. The van der Waals surface area contributed by atoms with Gasteiger partial charge in [-0.3, -0.25) is 23.4 Å². The first kappa shape index (κ1) is 70.0. The summed E-state index contributed by atoms with van der Waals surface area (Å²) in [4.78, 5) is 48.5. The molecule has 0 fully saturated rings. The maximum absolute atomic E-state index is 12.9. The number of carbonyl (C=O) groups is 3. The molecule has 0 saturated heterocycles. The Morgan fingerprint density at radius 2 is 0.681 bits per heavy atom. The maximum Gasteiger partial charge on any atom is 0.472 e. The summed E-state index contributed by atoms with van der Waals surface area (Å²) in [6.07, 6.45) is 55.6. The van der Waals surface area contributed by atoms with E-state index in [9.17, 15) is 28.9 Å². The number of hydrogen-bond acceptors (Lipinski definition) is 10. The molecule has 0 aliphatic carbocycles. The van der Waals surface area contributed by atoms with E-state index < -0.39 is 57.8 Å². The van der Waals surface area contributed by atoms with Gasteiger partial charge in [-0.1, -0.05) is 257 Å². The zero-order chi connectivity index (χ0) is 52.7. The molecular formula is C60H113O11P. The molecular weight excluding hydrogens is 928 g/mol. The molecule has 424 valence electrons. The van der Waals surface area contributed by atoms with Gasteiger partial charge in [0.1, 0.15) is 12.7 Å². The highest BCUT2D eigenvalue weighted by molar-refractivity contribution is 7.47. The quantitative estimate of drug-likeness (QED) is 0.0197. The van der Waals surface area contributed by atoms with Crippen molar-refractivity contribution < 1.29 is 52.2 Å². The third-order valence-electron chi connectivity index (χ3n) is 13.4. The molecule has 2 N–H and O–H groups in total. The molecule has 0 amide bonds. The van der Waals surface area contributed by atoms with Crippen molar-refractivity contribution in [2.75, 3.05) is 26.4 Å². The first-order chi connectivity index (χ1) is 35.2. The molecule has 0 radical (unpaired) electrons. The fraction of sp³-hybridized carbons (Fsp3) is 0.883. The molecule has 0 aromatic carbocycles. The van der Waals surface area contributed by atoms with Crippen molar-refractivity contribution in [2.45, 2.75) is 315 Å². The predicted octanol–water partition coefficient (Wildman–Crippen LogP) is 17.8. The summed E-state index contributed by atoms with van der Waals surface area (Å²) in [6.45, 7) is 4.66. The van der Waals surface area contributed by atoms with E-state index >= 15 is 0 Å². The number of aliphatic hydroxyl groups excluding tert-OH is 1. The van der Waals surface area contributed by atoms with E-state index in [0.29, 0.717) is 19.3 Å². The molecule has 3 atom stereocenters. The lowest BCUT2D eigenvalue weighted by molar-refractivity contribution is -0.161. The van der Waals surface area contributed by atoms with Crippen LogP contribution in [0.1, 0.15) is 303 Å². The predicted molar refractivity (Wildman–Crippen MR) is 298 cm³/mol. The summed E-state index contributed by atoms with van der Waals surface area (Å²) in [5.74, 6) is -1.44. The molecule has 0 saturated carbocycles. The summed E-state index contributed by atoms with van der Waals surface area (Å²) < 4.78 is 39.6. The summed E-state index contributed by atoms with van der Waals surface area (Å²) in [5, 5.41) is 9.80. The highest BCUT2D eigenvalue weighted by Crippen LogP contribution is 2.43. The van der Waals surface area contributed by atoms with E-state index in [2.05, 4.69) is 45.1 Å². The monoisotopic (exact) mass is 1040 g/mol. The second kappa shape index (κ2) is 55.2. The molecule has 0 bridgehead atoms. The van der Waals surface area contributed by atoms with Gasteiger partial charge in [-0.2, -0.15) is 0 Å². The van der Waals surface area contributed by atoms with E-state index in [4.69, 9.17) is 23.3 Å². The average Bonchev–Trinajstić information content (AvgIpc) is 3.37. The Labute approximate surface area is 442 Å². The molecule has 0 heterocycles. The van der Waals surface area contributed by atoms with Crippen LogP contribution in [0.4, 0.5) is 0 Å².